The molecule has 0 atom stereocenters. The molecule has 0 saturated heterocycles. The van der Waals surface area contributed by atoms with Gasteiger partial charge in [0.25, 0.3) is 5.91 Å². The zero-order chi connectivity index (χ0) is 11.4. The molecule has 2 heterocycles. The van der Waals surface area contributed by atoms with Gasteiger partial charge < -0.3 is 5.32 Å². The Morgan fingerprint density at radius 1 is 1.62 bits per heavy atom. The van der Waals surface area contributed by atoms with Gasteiger partial charge in [-0.2, -0.15) is 0 Å². The summed E-state index contributed by atoms with van der Waals surface area (Å²) in [5.74, 6) is 0.605. The number of H-pyrrole nitrogens is 1. The van der Waals surface area contributed by atoms with Crippen LogP contribution in [0.5, 0.6) is 0 Å². The van der Waals surface area contributed by atoms with Crippen molar-refractivity contribution in [2.45, 2.75) is 13.3 Å². The van der Waals surface area contributed by atoms with Crippen LogP contribution in [0, 0.1) is 6.92 Å². The fourth-order valence-electron chi connectivity index (χ4n) is 1.28. The van der Waals surface area contributed by atoms with Gasteiger partial charge in [0, 0.05) is 11.4 Å². The van der Waals surface area contributed by atoms with E-state index in [0.29, 0.717) is 12.4 Å². The first-order valence-corrected chi connectivity index (χ1v) is 5.83. The summed E-state index contributed by atoms with van der Waals surface area (Å²) >= 11 is 1.69. The second-order valence-electron chi connectivity index (χ2n) is 3.33. The Balaban J connectivity index is 1.80. The summed E-state index contributed by atoms with van der Waals surface area (Å²) in [4.78, 5) is 16.7. The van der Waals surface area contributed by atoms with Crippen LogP contribution < -0.4 is 5.32 Å². The number of rotatable bonds is 4. The number of carbonyl (C=O) groups excluding carboxylic acids is 1. The summed E-state index contributed by atoms with van der Waals surface area (Å²) in [7, 11) is 0. The molecule has 84 valence electrons. The predicted molar refractivity (Wildman–Crippen MR) is 61.5 cm³/mol. The number of aromatic nitrogens is 3. The van der Waals surface area contributed by atoms with Crippen molar-refractivity contribution < 1.29 is 4.79 Å². The number of aryl methyl sites for hydroxylation is 1. The van der Waals surface area contributed by atoms with E-state index in [1.807, 2.05) is 17.5 Å². The second-order valence-corrected chi connectivity index (χ2v) is 4.36. The Hall–Kier alpha value is -1.69. The molecule has 0 aliphatic heterocycles. The lowest BCUT2D eigenvalue weighted by Crippen LogP contribution is -2.26. The molecule has 0 aromatic carbocycles. The molecule has 0 radical (unpaired) electrons. The molecule has 0 fully saturated rings. The average molecular weight is 236 g/mol. The van der Waals surface area contributed by atoms with Crippen molar-refractivity contribution in [2.75, 3.05) is 6.54 Å². The molecule has 5 nitrogen and oxygen atoms in total. The van der Waals surface area contributed by atoms with E-state index in [4.69, 9.17) is 0 Å². The molecule has 2 aromatic heterocycles. The number of nitrogens with zero attached hydrogens (tertiary/aromatic N) is 2. The van der Waals surface area contributed by atoms with Gasteiger partial charge in [-0.3, -0.25) is 9.89 Å². The van der Waals surface area contributed by atoms with E-state index in [2.05, 4.69) is 20.5 Å². The Kier molecular flexibility index (Phi) is 3.31. The first-order chi connectivity index (χ1) is 7.75. The van der Waals surface area contributed by atoms with Crippen molar-refractivity contribution in [1.29, 1.82) is 0 Å². The molecule has 0 spiro atoms. The maximum atomic E-state index is 11.5. The molecule has 0 bridgehead atoms. The lowest BCUT2D eigenvalue weighted by molar-refractivity contribution is 0.0944. The Morgan fingerprint density at radius 2 is 2.50 bits per heavy atom. The smallest absolute Gasteiger partial charge is 0.290 e. The third kappa shape index (κ3) is 2.66. The van der Waals surface area contributed by atoms with Crippen LogP contribution in [0.4, 0.5) is 0 Å². The topological polar surface area (TPSA) is 70.7 Å². The van der Waals surface area contributed by atoms with Gasteiger partial charge in [0.05, 0.1) is 0 Å². The van der Waals surface area contributed by atoms with Crippen molar-refractivity contribution >= 4 is 17.2 Å². The van der Waals surface area contributed by atoms with Crippen LogP contribution in [0.2, 0.25) is 0 Å². The van der Waals surface area contributed by atoms with Crippen molar-refractivity contribution in [2.24, 2.45) is 0 Å². The quantitative estimate of drug-likeness (QED) is 0.836. The van der Waals surface area contributed by atoms with Crippen LogP contribution in [0.25, 0.3) is 0 Å². The van der Waals surface area contributed by atoms with Crippen LogP contribution in [0.3, 0.4) is 0 Å². The second kappa shape index (κ2) is 4.89. The van der Waals surface area contributed by atoms with E-state index in [1.165, 1.54) is 4.88 Å². The van der Waals surface area contributed by atoms with Crippen molar-refractivity contribution in [3.63, 3.8) is 0 Å². The van der Waals surface area contributed by atoms with Crippen molar-refractivity contribution in [1.82, 2.24) is 20.5 Å². The highest BCUT2D eigenvalue weighted by Crippen LogP contribution is 2.08. The minimum Gasteiger partial charge on any atom is -0.349 e. The summed E-state index contributed by atoms with van der Waals surface area (Å²) in [6.07, 6.45) is 0.840. The monoisotopic (exact) mass is 236 g/mol. The zero-order valence-corrected chi connectivity index (χ0v) is 9.67. The SMILES string of the molecule is Cc1nc(C(=O)NCCc2cccs2)n[nH]1. The number of nitrogens with one attached hydrogen (secondary N) is 2. The summed E-state index contributed by atoms with van der Waals surface area (Å²) < 4.78 is 0. The molecule has 0 aliphatic carbocycles. The van der Waals surface area contributed by atoms with E-state index in [1.54, 1.807) is 18.3 Å². The maximum Gasteiger partial charge on any atom is 0.290 e. The normalized spacial score (nSPS) is 10.3. The lowest BCUT2D eigenvalue weighted by atomic mass is 10.3. The Morgan fingerprint density at radius 3 is 3.12 bits per heavy atom. The Bertz CT molecular complexity index is 463. The summed E-state index contributed by atoms with van der Waals surface area (Å²) in [5, 5.41) is 11.2. The highest BCUT2D eigenvalue weighted by atomic mass is 32.1. The van der Waals surface area contributed by atoms with Gasteiger partial charge in [0.2, 0.25) is 5.82 Å². The van der Waals surface area contributed by atoms with Crippen LogP contribution >= 0.6 is 11.3 Å². The summed E-state index contributed by atoms with van der Waals surface area (Å²) in [5.41, 5.74) is 0. The molecular weight excluding hydrogens is 224 g/mol. The molecule has 0 aliphatic rings. The van der Waals surface area contributed by atoms with E-state index in [0.717, 1.165) is 6.42 Å². The molecule has 2 N–H and O–H groups in total. The summed E-state index contributed by atoms with van der Waals surface area (Å²) in [6.45, 7) is 2.36. The van der Waals surface area contributed by atoms with Gasteiger partial charge in [-0.15, -0.1) is 16.4 Å². The van der Waals surface area contributed by atoms with Gasteiger partial charge in [-0.25, -0.2) is 4.98 Å². The largest absolute Gasteiger partial charge is 0.349 e. The van der Waals surface area contributed by atoms with Crippen LogP contribution in [0.15, 0.2) is 17.5 Å². The summed E-state index contributed by atoms with van der Waals surface area (Å²) in [6, 6.07) is 4.05. The first kappa shape index (κ1) is 10.8. The number of hydrogen-bond acceptors (Lipinski definition) is 4. The average Bonchev–Trinajstić information content (AvgIpc) is 2.89. The van der Waals surface area contributed by atoms with Gasteiger partial charge in [-0.1, -0.05) is 6.07 Å². The third-order valence-electron chi connectivity index (χ3n) is 2.04. The molecule has 2 aromatic rings. The third-order valence-corrected chi connectivity index (χ3v) is 2.97. The minimum absolute atomic E-state index is 0.198. The van der Waals surface area contributed by atoms with Gasteiger partial charge in [0.1, 0.15) is 5.82 Å². The lowest BCUT2D eigenvalue weighted by Gasteiger charge is -2.00. The number of aromatic amines is 1. The predicted octanol–water partition coefficient (Wildman–Crippen LogP) is 1.15. The molecular formula is C10H12N4OS. The van der Waals surface area contributed by atoms with E-state index >= 15 is 0 Å². The molecule has 6 heteroatoms. The fourth-order valence-corrected chi connectivity index (χ4v) is 1.99. The molecule has 0 unspecified atom stereocenters. The number of thiophene rings is 1. The molecule has 2 rings (SSSR count). The van der Waals surface area contributed by atoms with Gasteiger partial charge in [-0.05, 0) is 24.8 Å². The van der Waals surface area contributed by atoms with Crippen LogP contribution in [0.1, 0.15) is 21.3 Å². The molecule has 16 heavy (non-hydrogen) atoms. The van der Waals surface area contributed by atoms with Gasteiger partial charge >= 0.3 is 0 Å². The van der Waals surface area contributed by atoms with E-state index in [-0.39, 0.29) is 11.7 Å². The molecule has 0 saturated carbocycles. The highest BCUT2D eigenvalue weighted by molar-refractivity contribution is 7.09. The van der Waals surface area contributed by atoms with Crippen LogP contribution in [-0.4, -0.2) is 27.6 Å². The molecule has 1 amide bonds. The zero-order valence-electron chi connectivity index (χ0n) is 8.86. The fraction of sp³-hybridized carbons (Fsp3) is 0.300. The van der Waals surface area contributed by atoms with E-state index < -0.39 is 0 Å². The van der Waals surface area contributed by atoms with E-state index in [9.17, 15) is 4.79 Å². The van der Waals surface area contributed by atoms with Gasteiger partial charge in [0.15, 0.2) is 0 Å². The van der Waals surface area contributed by atoms with Crippen molar-refractivity contribution in [3.8, 4) is 0 Å². The number of carbonyl (C=O) groups is 1. The maximum absolute atomic E-state index is 11.5. The Labute approximate surface area is 96.9 Å². The van der Waals surface area contributed by atoms with Crippen molar-refractivity contribution in [3.05, 3.63) is 34.0 Å². The van der Waals surface area contributed by atoms with Crippen LogP contribution in [-0.2, 0) is 6.42 Å². The minimum atomic E-state index is -0.235. The standard InChI is InChI=1S/C10H12N4OS/c1-7-12-9(14-13-7)10(15)11-5-4-8-3-2-6-16-8/h2-3,6H,4-5H2,1H3,(H,11,15)(H,12,13,14). The number of hydrogen-bond donors (Lipinski definition) is 2. The number of amides is 1. The highest BCUT2D eigenvalue weighted by Gasteiger charge is 2.09. The first-order valence-electron chi connectivity index (χ1n) is 4.95.